The first-order chi connectivity index (χ1) is 14.2. The van der Waals surface area contributed by atoms with Crippen LogP contribution in [-0.2, 0) is 4.74 Å². The second-order valence-electron chi connectivity index (χ2n) is 6.19. The summed E-state index contributed by atoms with van der Waals surface area (Å²) in [5, 5.41) is 4.05. The number of thiophene rings is 1. The highest BCUT2D eigenvalue weighted by atomic mass is 32.1. The van der Waals surface area contributed by atoms with E-state index in [2.05, 4.69) is 5.32 Å². The number of carbonyl (C=O) groups is 2. The molecule has 0 aliphatic rings. The van der Waals surface area contributed by atoms with Gasteiger partial charge in [0, 0.05) is 15.6 Å². The molecular weight excluding hydrogens is 386 g/mol. The summed E-state index contributed by atoms with van der Waals surface area (Å²) >= 11 is 1.33. The van der Waals surface area contributed by atoms with E-state index in [1.165, 1.54) is 18.4 Å². The summed E-state index contributed by atoms with van der Waals surface area (Å²) in [4.78, 5) is 25.1. The first-order valence-corrected chi connectivity index (χ1v) is 9.71. The van der Waals surface area contributed by atoms with E-state index < -0.39 is 5.97 Å². The van der Waals surface area contributed by atoms with Gasteiger partial charge in [-0.05, 0) is 36.4 Å². The molecule has 3 aromatic carbocycles. The number of para-hydroxylation sites is 1. The summed E-state index contributed by atoms with van der Waals surface area (Å²) in [6.45, 7) is 0. The van der Waals surface area contributed by atoms with Crippen molar-refractivity contribution in [3.05, 3.63) is 90.0 Å². The number of methoxy groups -OCH3 is 1. The Bertz CT molecular complexity index is 1180. The van der Waals surface area contributed by atoms with Crippen molar-refractivity contribution < 1.29 is 19.1 Å². The maximum atomic E-state index is 12.8. The van der Waals surface area contributed by atoms with E-state index >= 15 is 0 Å². The fraction of sp³-hybridized carbons (Fsp3) is 0.0435. The minimum absolute atomic E-state index is 0.333. The number of carbonyl (C=O) groups excluding carboxylic acids is 2. The molecule has 0 saturated heterocycles. The van der Waals surface area contributed by atoms with Crippen LogP contribution in [0.3, 0.4) is 0 Å². The Morgan fingerprint density at radius 1 is 0.862 bits per heavy atom. The van der Waals surface area contributed by atoms with Crippen molar-refractivity contribution in [3.8, 4) is 11.5 Å². The predicted molar refractivity (Wildman–Crippen MR) is 114 cm³/mol. The molecule has 29 heavy (non-hydrogen) atoms. The minimum Gasteiger partial charge on any atom is -0.465 e. The van der Waals surface area contributed by atoms with Crippen LogP contribution in [-0.4, -0.2) is 19.0 Å². The lowest BCUT2D eigenvalue weighted by Gasteiger charge is -2.09. The third-order valence-electron chi connectivity index (χ3n) is 4.29. The van der Waals surface area contributed by atoms with Crippen molar-refractivity contribution in [3.63, 3.8) is 0 Å². The number of rotatable bonds is 5. The third-order valence-corrected chi connectivity index (χ3v) is 5.37. The van der Waals surface area contributed by atoms with Gasteiger partial charge in [0.05, 0.1) is 7.11 Å². The van der Waals surface area contributed by atoms with E-state index in [4.69, 9.17) is 9.47 Å². The van der Waals surface area contributed by atoms with E-state index in [1.54, 1.807) is 24.3 Å². The zero-order chi connectivity index (χ0) is 20.2. The SMILES string of the molecule is COC(=O)c1c(NC(=O)c2cccc(Oc3ccccc3)c2)sc2ccccc12. The van der Waals surface area contributed by atoms with Crippen molar-refractivity contribution in [2.45, 2.75) is 0 Å². The number of ether oxygens (including phenoxy) is 2. The van der Waals surface area contributed by atoms with E-state index in [0.717, 1.165) is 10.1 Å². The number of hydrogen-bond donors (Lipinski definition) is 1. The van der Waals surface area contributed by atoms with Gasteiger partial charge in [0.2, 0.25) is 0 Å². The van der Waals surface area contributed by atoms with Gasteiger partial charge in [0.25, 0.3) is 5.91 Å². The number of hydrogen-bond acceptors (Lipinski definition) is 5. The van der Waals surface area contributed by atoms with Crippen molar-refractivity contribution in [1.82, 2.24) is 0 Å². The molecule has 0 fully saturated rings. The molecule has 0 aliphatic carbocycles. The van der Waals surface area contributed by atoms with Crippen LogP contribution in [0.4, 0.5) is 5.00 Å². The Balaban J connectivity index is 1.62. The van der Waals surface area contributed by atoms with E-state index in [0.29, 0.717) is 27.6 Å². The molecule has 144 valence electrons. The monoisotopic (exact) mass is 403 g/mol. The lowest BCUT2D eigenvalue weighted by atomic mass is 10.1. The number of amides is 1. The summed E-state index contributed by atoms with van der Waals surface area (Å²) < 4.78 is 11.6. The van der Waals surface area contributed by atoms with Crippen LogP contribution in [0, 0.1) is 0 Å². The molecule has 0 radical (unpaired) electrons. The molecule has 0 aliphatic heterocycles. The molecule has 0 spiro atoms. The molecule has 4 aromatic rings. The largest absolute Gasteiger partial charge is 0.465 e. The average Bonchev–Trinajstić information content (AvgIpc) is 3.12. The Hall–Kier alpha value is -3.64. The lowest BCUT2D eigenvalue weighted by molar-refractivity contribution is 0.0604. The first-order valence-electron chi connectivity index (χ1n) is 8.90. The van der Waals surface area contributed by atoms with Crippen LogP contribution >= 0.6 is 11.3 Å². The van der Waals surface area contributed by atoms with E-state index in [9.17, 15) is 9.59 Å². The van der Waals surface area contributed by atoms with Gasteiger partial charge in [-0.15, -0.1) is 11.3 Å². The predicted octanol–water partition coefficient (Wildman–Crippen LogP) is 5.73. The van der Waals surface area contributed by atoms with Crippen molar-refractivity contribution in [2.75, 3.05) is 12.4 Å². The summed E-state index contributed by atoms with van der Waals surface area (Å²) in [7, 11) is 1.32. The second-order valence-corrected chi connectivity index (χ2v) is 7.24. The second kappa shape index (κ2) is 8.16. The summed E-state index contributed by atoms with van der Waals surface area (Å²) in [6, 6.07) is 23.7. The standard InChI is InChI=1S/C23H17NO4S/c1-27-23(26)20-18-12-5-6-13-19(18)29-22(20)24-21(25)15-8-7-11-17(14-15)28-16-9-3-2-4-10-16/h2-14H,1H3,(H,24,25). The molecule has 5 nitrogen and oxygen atoms in total. The summed E-state index contributed by atoms with van der Waals surface area (Å²) in [5.41, 5.74) is 0.782. The van der Waals surface area contributed by atoms with E-state index in [1.807, 2.05) is 54.6 Å². The minimum atomic E-state index is -0.487. The fourth-order valence-corrected chi connectivity index (χ4v) is 4.02. The highest BCUT2D eigenvalue weighted by Gasteiger charge is 2.21. The van der Waals surface area contributed by atoms with Gasteiger partial charge >= 0.3 is 5.97 Å². The van der Waals surface area contributed by atoms with Gasteiger partial charge in [-0.1, -0.05) is 42.5 Å². The molecule has 1 heterocycles. The van der Waals surface area contributed by atoms with Gasteiger partial charge in [-0.25, -0.2) is 4.79 Å². The smallest absolute Gasteiger partial charge is 0.341 e. The topological polar surface area (TPSA) is 64.6 Å². The number of fused-ring (bicyclic) bond motifs is 1. The molecule has 0 bridgehead atoms. The number of benzene rings is 3. The molecule has 4 rings (SSSR count). The average molecular weight is 403 g/mol. The van der Waals surface area contributed by atoms with Crippen molar-refractivity contribution >= 4 is 38.3 Å². The van der Waals surface area contributed by atoms with Gasteiger partial charge in [0.1, 0.15) is 22.1 Å². The maximum Gasteiger partial charge on any atom is 0.341 e. The van der Waals surface area contributed by atoms with Crippen LogP contribution in [0.25, 0.3) is 10.1 Å². The lowest BCUT2D eigenvalue weighted by Crippen LogP contribution is -2.13. The summed E-state index contributed by atoms with van der Waals surface area (Å²) in [5.74, 6) is 0.412. The van der Waals surface area contributed by atoms with E-state index in [-0.39, 0.29) is 5.91 Å². The molecule has 0 unspecified atom stereocenters. The molecule has 1 N–H and O–H groups in total. The number of esters is 1. The van der Waals surface area contributed by atoms with Gasteiger partial charge in [0.15, 0.2) is 0 Å². The molecule has 0 saturated carbocycles. The zero-order valence-electron chi connectivity index (χ0n) is 15.5. The highest BCUT2D eigenvalue weighted by molar-refractivity contribution is 7.23. The Morgan fingerprint density at radius 3 is 2.38 bits per heavy atom. The molecular formula is C23H17NO4S. The zero-order valence-corrected chi connectivity index (χ0v) is 16.4. The van der Waals surface area contributed by atoms with Crippen LogP contribution in [0.15, 0.2) is 78.9 Å². The highest BCUT2D eigenvalue weighted by Crippen LogP contribution is 2.36. The fourth-order valence-electron chi connectivity index (χ4n) is 2.94. The Kier molecular flexibility index (Phi) is 5.27. The Morgan fingerprint density at radius 2 is 1.59 bits per heavy atom. The van der Waals surface area contributed by atoms with Crippen LogP contribution in [0.1, 0.15) is 20.7 Å². The first kappa shape index (κ1) is 18.7. The summed E-state index contributed by atoms with van der Waals surface area (Å²) in [6.07, 6.45) is 0. The number of anilines is 1. The molecule has 1 amide bonds. The molecule has 1 aromatic heterocycles. The van der Waals surface area contributed by atoms with Gasteiger partial charge < -0.3 is 14.8 Å². The quantitative estimate of drug-likeness (QED) is 0.432. The Labute approximate surface area is 171 Å². The van der Waals surface area contributed by atoms with Gasteiger partial charge in [-0.2, -0.15) is 0 Å². The normalized spacial score (nSPS) is 10.5. The van der Waals surface area contributed by atoms with Crippen molar-refractivity contribution in [2.24, 2.45) is 0 Å². The van der Waals surface area contributed by atoms with Crippen LogP contribution in [0.2, 0.25) is 0 Å². The molecule has 6 heteroatoms. The molecule has 0 atom stereocenters. The maximum absolute atomic E-state index is 12.8. The third kappa shape index (κ3) is 3.97. The van der Waals surface area contributed by atoms with Crippen molar-refractivity contribution in [1.29, 1.82) is 0 Å². The van der Waals surface area contributed by atoms with Crippen LogP contribution in [0.5, 0.6) is 11.5 Å². The van der Waals surface area contributed by atoms with Gasteiger partial charge in [-0.3, -0.25) is 4.79 Å². The number of nitrogens with one attached hydrogen (secondary N) is 1. The van der Waals surface area contributed by atoms with Crippen LogP contribution < -0.4 is 10.1 Å².